The molecule has 11 aromatic rings. The lowest BCUT2D eigenvalue weighted by Crippen LogP contribution is -2.11. The third-order valence-corrected chi connectivity index (χ3v) is 10.6. The molecule has 3 heteroatoms. The summed E-state index contributed by atoms with van der Waals surface area (Å²) in [5.41, 5.74) is 11.2. The van der Waals surface area contributed by atoms with Gasteiger partial charge in [0.1, 0.15) is 22.3 Å². The highest BCUT2D eigenvalue weighted by atomic mass is 16.3. The first-order valence-corrected chi connectivity index (χ1v) is 18.0. The molecule has 0 radical (unpaired) electrons. The molecule has 0 atom stereocenters. The maximum absolute atomic E-state index is 6.49. The van der Waals surface area contributed by atoms with Crippen molar-refractivity contribution in [2.45, 2.75) is 0 Å². The van der Waals surface area contributed by atoms with Crippen molar-refractivity contribution in [1.82, 2.24) is 0 Å². The van der Waals surface area contributed by atoms with Crippen LogP contribution in [0.3, 0.4) is 0 Å². The summed E-state index contributed by atoms with van der Waals surface area (Å²) in [6, 6.07) is 67.1. The van der Waals surface area contributed by atoms with Crippen molar-refractivity contribution in [3.05, 3.63) is 188 Å². The highest BCUT2D eigenvalue weighted by Gasteiger charge is 2.23. The monoisotopic (exact) mass is 677 g/mol. The van der Waals surface area contributed by atoms with Crippen LogP contribution in [0.15, 0.2) is 197 Å². The zero-order valence-electron chi connectivity index (χ0n) is 28.7. The standard InChI is InChI=1S/C50H31NO2/c1-3-12-34-28-36(22-20-32(34)10-1)40-16-9-17-45(50(40)37-23-21-33-11-2-4-13-35(33)29-37)51(38-25-27-48-44(30-38)42-15-6-8-19-47(42)52-48)39-24-26-43-41-14-5-7-18-46(41)53-49(43)31-39/h1-31H. The highest BCUT2D eigenvalue weighted by Crippen LogP contribution is 2.48. The fourth-order valence-corrected chi connectivity index (χ4v) is 8.11. The van der Waals surface area contributed by atoms with Gasteiger partial charge in [0, 0.05) is 44.5 Å². The molecule has 0 amide bonds. The van der Waals surface area contributed by atoms with Gasteiger partial charge < -0.3 is 13.7 Å². The molecule has 0 saturated carbocycles. The minimum atomic E-state index is 0.849. The van der Waals surface area contributed by atoms with E-state index >= 15 is 0 Å². The molecular formula is C50H31NO2. The predicted molar refractivity (Wildman–Crippen MR) is 222 cm³/mol. The van der Waals surface area contributed by atoms with Gasteiger partial charge in [0.25, 0.3) is 0 Å². The summed E-state index contributed by atoms with van der Waals surface area (Å²) < 4.78 is 12.8. The molecule has 2 aromatic heterocycles. The summed E-state index contributed by atoms with van der Waals surface area (Å²) in [4.78, 5) is 2.38. The first kappa shape index (κ1) is 29.6. The van der Waals surface area contributed by atoms with Crippen LogP contribution in [-0.4, -0.2) is 0 Å². The lowest BCUT2D eigenvalue weighted by Gasteiger charge is -2.29. The number of fused-ring (bicyclic) bond motifs is 8. The second kappa shape index (κ2) is 11.7. The van der Waals surface area contributed by atoms with Crippen molar-refractivity contribution in [3.8, 4) is 22.3 Å². The summed E-state index contributed by atoms with van der Waals surface area (Å²) in [5.74, 6) is 0. The van der Waals surface area contributed by atoms with E-state index in [1.165, 1.54) is 21.5 Å². The Kier molecular flexibility index (Phi) is 6.55. The van der Waals surface area contributed by atoms with Crippen LogP contribution in [0, 0.1) is 0 Å². The van der Waals surface area contributed by atoms with Crippen LogP contribution in [0.1, 0.15) is 0 Å². The number of rotatable bonds is 5. The van der Waals surface area contributed by atoms with Crippen molar-refractivity contribution in [3.63, 3.8) is 0 Å². The Morgan fingerprint density at radius 3 is 1.62 bits per heavy atom. The molecule has 0 fully saturated rings. The first-order chi connectivity index (χ1) is 26.2. The average molecular weight is 678 g/mol. The molecule has 0 aliphatic carbocycles. The molecule has 0 saturated heterocycles. The average Bonchev–Trinajstić information content (AvgIpc) is 3.78. The minimum Gasteiger partial charge on any atom is -0.456 e. The zero-order valence-corrected chi connectivity index (χ0v) is 28.7. The summed E-state index contributed by atoms with van der Waals surface area (Å²) >= 11 is 0. The quantitative estimate of drug-likeness (QED) is 0.182. The van der Waals surface area contributed by atoms with Crippen LogP contribution in [-0.2, 0) is 0 Å². The summed E-state index contributed by atoms with van der Waals surface area (Å²) in [7, 11) is 0. The van der Waals surface area contributed by atoms with Crippen LogP contribution < -0.4 is 4.90 Å². The largest absolute Gasteiger partial charge is 0.456 e. The van der Waals surface area contributed by atoms with E-state index < -0.39 is 0 Å². The van der Waals surface area contributed by atoms with E-state index in [1.54, 1.807) is 0 Å². The first-order valence-electron chi connectivity index (χ1n) is 18.0. The number of furan rings is 2. The molecule has 53 heavy (non-hydrogen) atoms. The van der Waals surface area contributed by atoms with Gasteiger partial charge in [-0.05, 0) is 98.9 Å². The number of hydrogen-bond donors (Lipinski definition) is 0. The van der Waals surface area contributed by atoms with E-state index in [9.17, 15) is 0 Å². The number of benzene rings is 9. The SMILES string of the molecule is c1cc(-c2ccc3ccccc3c2)c(-c2ccc3ccccc3c2)c(N(c2ccc3c(c2)oc2ccccc23)c2ccc3oc4ccccc4c3c2)c1. The zero-order chi connectivity index (χ0) is 34.9. The highest BCUT2D eigenvalue weighted by molar-refractivity contribution is 6.09. The Bertz CT molecular complexity index is 3200. The molecule has 3 nitrogen and oxygen atoms in total. The number of hydrogen-bond acceptors (Lipinski definition) is 3. The Balaban J connectivity index is 1.22. The molecule has 0 bridgehead atoms. The molecular weight excluding hydrogens is 647 g/mol. The molecule has 0 aliphatic heterocycles. The molecule has 0 aliphatic rings. The Hall–Kier alpha value is -7.10. The Labute approximate surface area is 305 Å². The summed E-state index contributed by atoms with van der Waals surface area (Å²) in [6.45, 7) is 0. The molecule has 0 N–H and O–H groups in total. The topological polar surface area (TPSA) is 29.5 Å². The van der Waals surface area contributed by atoms with Crippen molar-refractivity contribution in [2.75, 3.05) is 4.90 Å². The Morgan fingerprint density at radius 2 is 0.868 bits per heavy atom. The smallest absolute Gasteiger partial charge is 0.137 e. The number of para-hydroxylation sites is 2. The van der Waals surface area contributed by atoms with E-state index in [-0.39, 0.29) is 0 Å². The minimum absolute atomic E-state index is 0.849. The molecule has 0 unspecified atom stereocenters. The Morgan fingerprint density at radius 1 is 0.321 bits per heavy atom. The lowest BCUT2D eigenvalue weighted by molar-refractivity contribution is 0.668. The van der Waals surface area contributed by atoms with Crippen LogP contribution in [0.4, 0.5) is 17.1 Å². The molecule has 9 aromatic carbocycles. The molecule has 248 valence electrons. The van der Waals surface area contributed by atoms with Crippen LogP contribution in [0.2, 0.25) is 0 Å². The second-order valence-corrected chi connectivity index (χ2v) is 13.7. The van der Waals surface area contributed by atoms with Gasteiger partial charge in [-0.1, -0.05) is 121 Å². The van der Waals surface area contributed by atoms with Gasteiger partial charge in [0.05, 0.1) is 5.69 Å². The van der Waals surface area contributed by atoms with E-state index in [0.29, 0.717) is 0 Å². The van der Waals surface area contributed by atoms with Crippen molar-refractivity contribution >= 4 is 82.5 Å². The van der Waals surface area contributed by atoms with E-state index in [0.717, 1.165) is 83.2 Å². The second-order valence-electron chi connectivity index (χ2n) is 13.7. The van der Waals surface area contributed by atoms with Gasteiger partial charge in [-0.2, -0.15) is 0 Å². The lowest BCUT2D eigenvalue weighted by atomic mass is 9.90. The van der Waals surface area contributed by atoms with Crippen molar-refractivity contribution in [2.24, 2.45) is 0 Å². The van der Waals surface area contributed by atoms with Gasteiger partial charge in [-0.3, -0.25) is 0 Å². The van der Waals surface area contributed by atoms with Gasteiger partial charge in [0.2, 0.25) is 0 Å². The van der Waals surface area contributed by atoms with Crippen LogP contribution in [0.25, 0.3) is 87.7 Å². The third-order valence-electron chi connectivity index (χ3n) is 10.6. The van der Waals surface area contributed by atoms with E-state index in [2.05, 4.69) is 169 Å². The third kappa shape index (κ3) is 4.82. The van der Waals surface area contributed by atoms with Crippen LogP contribution >= 0.6 is 0 Å². The van der Waals surface area contributed by atoms with Gasteiger partial charge in [-0.25, -0.2) is 0 Å². The normalized spacial score (nSPS) is 11.8. The van der Waals surface area contributed by atoms with Crippen molar-refractivity contribution < 1.29 is 8.83 Å². The van der Waals surface area contributed by atoms with Gasteiger partial charge in [-0.15, -0.1) is 0 Å². The van der Waals surface area contributed by atoms with Crippen molar-refractivity contribution in [1.29, 1.82) is 0 Å². The number of anilines is 3. The fourth-order valence-electron chi connectivity index (χ4n) is 8.11. The maximum Gasteiger partial charge on any atom is 0.137 e. The van der Waals surface area contributed by atoms with E-state index in [4.69, 9.17) is 8.83 Å². The van der Waals surface area contributed by atoms with Gasteiger partial charge in [0.15, 0.2) is 0 Å². The summed E-state index contributed by atoms with van der Waals surface area (Å²) in [6.07, 6.45) is 0. The van der Waals surface area contributed by atoms with Crippen LogP contribution in [0.5, 0.6) is 0 Å². The molecule has 0 spiro atoms. The number of nitrogens with zero attached hydrogens (tertiary/aromatic N) is 1. The fraction of sp³-hybridized carbons (Fsp3) is 0. The predicted octanol–water partition coefficient (Wildman–Crippen LogP) is 14.6. The van der Waals surface area contributed by atoms with Gasteiger partial charge >= 0.3 is 0 Å². The summed E-state index contributed by atoms with van der Waals surface area (Å²) in [5, 5.41) is 9.23. The molecule has 2 heterocycles. The maximum atomic E-state index is 6.49. The van der Waals surface area contributed by atoms with E-state index in [1.807, 2.05) is 24.3 Å². The molecule has 11 rings (SSSR count).